The summed E-state index contributed by atoms with van der Waals surface area (Å²) in [6.07, 6.45) is 5.09. The molecule has 0 heterocycles. The Kier molecular flexibility index (Phi) is 4.67. The van der Waals surface area contributed by atoms with E-state index in [0.29, 0.717) is 11.8 Å². The second-order valence-corrected chi connectivity index (χ2v) is 3.34. The molecule has 1 nitrogen and oxygen atoms in total. The van der Waals surface area contributed by atoms with Gasteiger partial charge in [-0.1, -0.05) is 26.0 Å². The second kappa shape index (κ2) is 5.00. The first kappa shape index (κ1) is 10.3. The van der Waals surface area contributed by atoms with Gasteiger partial charge in [0.1, 0.15) is 0 Å². The van der Waals surface area contributed by atoms with Crippen molar-refractivity contribution in [2.75, 3.05) is 0 Å². The lowest BCUT2D eigenvalue weighted by Crippen LogP contribution is -2.07. The maximum Gasteiger partial charge on any atom is 0.00114 e. The standard InChI is InChI=1S/C10H19N/c1-5-6-10(8(2)3)7-9(4)11/h5,7-8,10H,1,6,11H2,2-4H3/b9-7+. The van der Waals surface area contributed by atoms with E-state index in [9.17, 15) is 0 Å². The molecule has 0 radical (unpaired) electrons. The molecule has 0 aliphatic carbocycles. The van der Waals surface area contributed by atoms with Gasteiger partial charge < -0.3 is 5.73 Å². The highest BCUT2D eigenvalue weighted by molar-refractivity contribution is 4.98. The van der Waals surface area contributed by atoms with Gasteiger partial charge in [0.05, 0.1) is 0 Å². The van der Waals surface area contributed by atoms with Gasteiger partial charge in [0, 0.05) is 5.70 Å². The number of hydrogen-bond acceptors (Lipinski definition) is 1. The molecule has 0 saturated heterocycles. The van der Waals surface area contributed by atoms with Gasteiger partial charge in [-0.15, -0.1) is 6.58 Å². The molecule has 0 aromatic heterocycles. The normalized spacial score (nSPS) is 15.1. The van der Waals surface area contributed by atoms with Crippen LogP contribution in [0.3, 0.4) is 0 Å². The third kappa shape index (κ3) is 4.65. The summed E-state index contributed by atoms with van der Waals surface area (Å²) in [6, 6.07) is 0. The van der Waals surface area contributed by atoms with Gasteiger partial charge in [-0.25, -0.2) is 0 Å². The fourth-order valence-electron chi connectivity index (χ4n) is 1.06. The lowest BCUT2D eigenvalue weighted by Gasteiger charge is -2.14. The van der Waals surface area contributed by atoms with E-state index in [0.717, 1.165) is 12.1 Å². The number of nitrogens with two attached hydrogens (primary N) is 1. The van der Waals surface area contributed by atoms with E-state index in [-0.39, 0.29) is 0 Å². The molecule has 2 N–H and O–H groups in total. The summed E-state index contributed by atoms with van der Waals surface area (Å²) >= 11 is 0. The molecule has 64 valence electrons. The predicted molar refractivity (Wildman–Crippen MR) is 51.1 cm³/mol. The summed E-state index contributed by atoms with van der Waals surface area (Å²) in [6.45, 7) is 10.1. The van der Waals surface area contributed by atoms with Crippen LogP contribution in [0, 0.1) is 11.8 Å². The monoisotopic (exact) mass is 153 g/mol. The van der Waals surface area contributed by atoms with Gasteiger partial charge in [-0.05, 0) is 25.2 Å². The molecule has 0 aliphatic heterocycles. The van der Waals surface area contributed by atoms with Gasteiger partial charge in [-0.2, -0.15) is 0 Å². The zero-order valence-corrected chi connectivity index (χ0v) is 7.80. The van der Waals surface area contributed by atoms with Crippen LogP contribution in [0.15, 0.2) is 24.4 Å². The van der Waals surface area contributed by atoms with Crippen LogP contribution in [-0.4, -0.2) is 0 Å². The van der Waals surface area contributed by atoms with E-state index < -0.39 is 0 Å². The van der Waals surface area contributed by atoms with E-state index in [2.05, 4.69) is 26.5 Å². The Bertz CT molecular complexity index is 141. The molecule has 0 aromatic rings. The average molecular weight is 153 g/mol. The lowest BCUT2D eigenvalue weighted by atomic mass is 9.92. The van der Waals surface area contributed by atoms with E-state index in [1.165, 1.54) is 0 Å². The summed E-state index contributed by atoms with van der Waals surface area (Å²) < 4.78 is 0. The van der Waals surface area contributed by atoms with Gasteiger partial charge in [0.2, 0.25) is 0 Å². The fourth-order valence-corrected chi connectivity index (χ4v) is 1.06. The summed E-state index contributed by atoms with van der Waals surface area (Å²) in [4.78, 5) is 0. The van der Waals surface area contributed by atoms with Crippen molar-refractivity contribution in [2.24, 2.45) is 17.6 Å². The molecule has 0 amide bonds. The van der Waals surface area contributed by atoms with E-state index in [1.54, 1.807) is 0 Å². The summed E-state index contributed by atoms with van der Waals surface area (Å²) in [5, 5.41) is 0. The van der Waals surface area contributed by atoms with Crippen molar-refractivity contribution in [3.8, 4) is 0 Å². The zero-order valence-electron chi connectivity index (χ0n) is 7.80. The Morgan fingerprint density at radius 1 is 1.55 bits per heavy atom. The maximum absolute atomic E-state index is 5.59. The second-order valence-electron chi connectivity index (χ2n) is 3.34. The van der Waals surface area contributed by atoms with Crippen LogP contribution in [0.25, 0.3) is 0 Å². The van der Waals surface area contributed by atoms with Crippen molar-refractivity contribution in [3.63, 3.8) is 0 Å². The van der Waals surface area contributed by atoms with Crippen molar-refractivity contribution in [1.82, 2.24) is 0 Å². The molecule has 1 atom stereocenters. The molecular formula is C10H19N. The molecule has 0 rings (SSSR count). The molecular weight excluding hydrogens is 134 g/mol. The Morgan fingerprint density at radius 3 is 2.36 bits per heavy atom. The van der Waals surface area contributed by atoms with E-state index in [1.807, 2.05) is 13.0 Å². The number of allylic oxidation sites excluding steroid dienone is 3. The minimum atomic E-state index is 0.553. The lowest BCUT2D eigenvalue weighted by molar-refractivity contribution is 0.468. The molecule has 0 aliphatic rings. The van der Waals surface area contributed by atoms with Crippen molar-refractivity contribution in [2.45, 2.75) is 27.2 Å². The van der Waals surface area contributed by atoms with Gasteiger partial charge >= 0.3 is 0 Å². The molecule has 0 bridgehead atoms. The van der Waals surface area contributed by atoms with Crippen LogP contribution in [0.1, 0.15) is 27.2 Å². The zero-order chi connectivity index (χ0) is 8.85. The van der Waals surface area contributed by atoms with E-state index in [4.69, 9.17) is 5.73 Å². The third-order valence-corrected chi connectivity index (χ3v) is 1.77. The third-order valence-electron chi connectivity index (χ3n) is 1.77. The fraction of sp³-hybridized carbons (Fsp3) is 0.600. The first-order valence-electron chi connectivity index (χ1n) is 4.12. The highest BCUT2D eigenvalue weighted by atomic mass is 14.5. The molecule has 0 aromatic carbocycles. The van der Waals surface area contributed by atoms with Crippen molar-refractivity contribution >= 4 is 0 Å². The van der Waals surface area contributed by atoms with Crippen LogP contribution in [0.5, 0.6) is 0 Å². The smallest absolute Gasteiger partial charge is 0.00114 e. The quantitative estimate of drug-likeness (QED) is 0.617. The molecule has 0 saturated carbocycles. The van der Waals surface area contributed by atoms with Crippen LogP contribution < -0.4 is 5.73 Å². The number of rotatable bonds is 4. The van der Waals surface area contributed by atoms with Crippen LogP contribution in [0.2, 0.25) is 0 Å². The average Bonchev–Trinajstić information content (AvgIpc) is 1.86. The molecule has 0 spiro atoms. The van der Waals surface area contributed by atoms with E-state index >= 15 is 0 Å². The minimum absolute atomic E-state index is 0.553. The van der Waals surface area contributed by atoms with Crippen molar-refractivity contribution in [3.05, 3.63) is 24.4 Å². The Hall–Kier alpha value is -0.720. The first-order valence-corrected chi connectivity index (χ1v) is 4.12. The molecule has 11 heavy (non-hydrogen) atoms. The Balaban J connectivity index is 4.10. The maximum atomic E-state index is 5.59. The SMILES string of the molecule is C=CCC(/C=C(\C)N)C(C)C. The van der Waals surface area contributed by atoms with Gasteiger partial charge in [0.15, 0.2) is 0 Å². The number of hydrogen-bond donors (Lipinski definition) is 1. The highest BCUT2D eigenvalue weighted by Crippen LogP contribution is 2.17. The van der Waals surface area contributed by atoms with Crippen LogP contribution in [0.4, 0.5) is 0 Å². The summed E-state index contributed by atoms with van der Waals surface area (Å²) in [5.41, 5.74) is 6.50. The van der Waals surface area contributed by atoms with Gasteiger partial charge in [0.25, 0.3) is 0 Å². The first-order chi connectivity index (χ1) is 5.07. The molecule has 1 heteroatoms. The minimum Gasteiger partial charge on any atom is -0.403 e. The summed E-state index contributed by atoms with van der Waals surface area (Å²) in [7, 11) is 0. The molecule has 0 fully saturated rings. The van der Waals surface area contributed by atoms with Crippen molar-refractivity contribution in [1.29, 1.82) is 0 Å². The Morgan fingerprint density at radius 2 is 2.09 bits per heavy atom. The van der Waals surface area contributed by atoms with Gasteiger partial charge in [-0.3, -0.25) is 0 Å². The summed E-state index contributed by atoms with van der Waals surface area (Å²) in [5.74, 6) is 1.20. The highest BCUT2D eigenvalue weighted by Gasteiger charge is 2.07. The predicted octanol–water partition coefficient (Wildman–Crippen LogP) is 2.70. The Labute approximate surface area is 70.0 Å². The van der Waals surface area contributed by atoms with Crippen LogP contribution >= 0.6 is 0 Å². The topological polar surface area (TPSA) is 26.0 Å². The van der Waals surface area contributed by atoms with Crippen molar-refractivity contribution < 1.29 is 0 Å². The van der Waals surface area contributed by atoms with Crippen LogP contribution in [-0.2, 0) is 0 Å². The largest absolute Gasteiger partial charge is 0.403 e. The molecule has 1 unspecified atom stereocenters.